The largest absolute Gasteiger partial charge is 0.493 e. The number of nitrogens with zero attached hydrogens (tertiary/aromatic N) is 1. The van der Waals surface area contributed by atoms with Crippen molar-refractivity contribution in [2.75, 3.05) is 20.2 Å². The Labute approximate surface area is 164 Å². The van der Waals surface area contributed by atoms with E-state index in [1.807, 2.05) is 13.8 Å². The lowest BCUT2D eigenvalue weighted by atomic mass is 10.2. The quantitative estimate of drug-likeness (QED) is 0.562. The highest BCUT2D eigenvalue weighted by Crippen LogP contribution is 2.27. The predicted octanol–water partition coefficient (Wildman–Crippen LogP) is 2.71. The van der Waals surface area contributed by atoms with Gasteiger partial charge in [-0.3, -0.25) is 0 Å². The molecule has 1 heterocycles. The third-order valence-corrected chi connectivity index (χ3v) is 6.19. The fourth-order valence-electron chi connectivity index (χ4n) is 3.12. The zero-order chi connectivity index (χ0) is 20.3. The van der Waals surface area contributed by atoms with Gasteiger partial charge in [0, 0.05) is 13.1 Å². The number of esters is 1. The molecule has 150 valence electrons. The van der Waals surface area contributed by atoms with Crippen molar-refractivity contribution in [1.29, 1.82) is 0 Å². The van der Waals surface area contributed by atoms with E-state index < -0.39 is 16.0 Å². The van der Waals surface area contributed by atoms with Crippen LogP contribution in [0.5, 0.6) is 11.5 Å². The summed E-state index contributed by atoms with van der Waals surface area (Å²) in [6.07, 6.45) is -0.394. The summed E-state index contributed by atoms with van der Waals surface area (Å²) in [6, 6.07) is 12.6. The highest BCUT2D eigenvalue weighted by atomic mass is 32.2. The van der Waals surface area contributed by atoms with Gasteiger partial charge < -0.3 is 14.2 Å². The van der Waals surface area contributed by atoms with Gasteiger partial charge in [-0.05, 0) is 44.2 Å². The van der Waals surface area contributed by atoms with Crippen molar-refractivity contribution in [3.05, 3.63) is 54.1 Å². The van der Waals surface area contributed by atoms with Gasteiger partial charge in [-0.1, -0.05) is 18.2 Å². The Balaban J connectivity index is 1.84. The van der Waals surface area contributed by atoms with Crippen LogP contribution in [0.2, 0.25) is 0 Å². The molecule has 0 saturated carbocycles. The van der Waals surface area contributed by atoms with Gasteiger partial charge in [0.25, 0.3) is 0 Å². The van der Waals surface area contributed by atoms with Crippen LogP contribution in [0, 0.1) is 0 Å². The summed E-state index contributed by atoms with van der Waals surface area (Å²) in [7, 11) is -2.27. The van der Waals surface area contributed by atoms with Gasteiger partial charge in [-0.25, -0.2) is 13.2 Å². The zero-order valence-corrected chi connectivity index (χ0v) is 16.8. The van der Waals surface area contributed by atoms with Gasteiger partial charge >= 0.3 is 5.97 Å². The van der Waals surface area contributed by atoms with Crippen LogP contribution in [-0.4, -0.2) is 51.1 Å². The van der Waals surface area contributed by atoms with Gasteiger partial charge in [0.1, 0.15) is 0 Å². The second-order valence-electron chi connectivity index (χ2n) is 6.65. The summed E-state index contributed by atoms with van der Waals surface area (Å²) >= 11 is 0. The average Bonchev–Trinajstić information content (AvgIpc) is 2.67. The number of methoxy groups -OCH3 is 1. The molecule has 1 aliphatic heterocycles. The molecule has 28 heavy (non-hydrogen) atoms. The summed E-state index contributed by atoms with van der Waals surface area (Å²) < 4.78 is 43.6. The molecule has 2 aromatic carbocycles. The number of rotatable bonds is 5. The number of carbonyl (C=O) groups excluding carboxylic acids is 1. The van der Waals surface area contributed by atoms with Gasteiger partial charge in [0.2, 0.25) is 10.0 Å². The first kappa shape index (κ1) is 20.3. The smallest absolute Gasteiger partial charge is 0.343 e. The number of morpholine rings is 1. The molecule has 0 amide bonds. The molecule has 1 saturated heterocycles. The van der Waals surface area contributed by atoms with Crippen LogP contribution < -0.4 is 9.47 Å². The molecule has 1 aliphatic rings. The van der Waals surface area contributed by atoms with E-state index in [1.165, 1.54) is 35.7 Å². The van der Waals surface area contributed by atoms with Crippen LogP contribution in [-0.2, 0) is 14.8 Å². The summed E-state index contributed by atoms with van der Waals surface area (Å²) in [5, 5.41) is 0. The molecule has 0 bridgehead atoms. The Morgan fingerprint density at radius 1 is 1.04 bits per heavy atom. The molecular weight excluding hydrogens is 382 g/mol. The third kappa shape index (κ3) is 4.35. The van der Waals surface area contributed by atoms with E-state index >= 15 is 0 Å². The first-order valence-electron chi connectivity index (χ1n) is 8.92. The van der Waals surface area contributed by atoms with E-state index in [1.54, 1.807) is 24.3 Å². The van der Waals surface area contributed by atoms with E-state index in [2.05, 4.69) is 0 Å². The monoisotopic (exact) mass is 405 g/mol. The summed E-state index contributed by atoms with van der Waals surface area (Å²) in [4.78, 5) is 12.6. The number of hydrogen-bond acceptors (Lipinski definition) is 6. The first-order chi connectivity index (χ1) is 13.3. The van der Waals surface area contributed by atoms with E-state index in [9.17, 15) is 13.2 Å². The Hall–Kier alpha value is -2.42. The van der Waals surface area contributed by atoms with Crippen LogP contribution >= 0.6 is 0 Å². The number of benzene rings is 2. The molecule has 3 rings (SSSR count). The van der Waals surface area contributed by atoms with E-state index in [0.717, 1.165) is 0 Å². The van der Waals surface area contributed by atoms with Crippen molar-refractivity contribution in [2.45, 2.75) is 31.0 Å². The fraction of sp³-hybridized carbons (Fsp3) is 0.350. The maximum absolute atomic E-state index is 13.0. The van der Waals surface area contributed by atoms with Crippen molar-refractivity contribution in [1.82, 2.24) is 4.31 Å². The molecule has 2 aromatic rings. The number of ether oxygens (including phenoxy) is 3. The van der Waals surface area contributed by atoms with E-state index in [4.69, 9.17) is 14.2 Å². The van der Waals surface area contributed by atoms with Crippen LogP contribution in [0.15, 0.2) is 53.4 Å². The highest BCUT2D eigenvalue weighted by Gasteiger charge is 2.32. The highest BCUT2D eigenvalue weighted by molar-refractivity contribution is 7.89. The van der Waals surface area contributed by atoms with Gasteiger partial charge in [0.15, 0.2) is 11.5 Å². The van der Waals surface area contributed by atoms with Crippen molar-refractivity contribution in [2.24, 2.45) is 0 Å². The molecular formula is C20H23NO6S. The molecule has 2 atom stereocenters. The number of carbonyl (C=O) groups is 1. The van der Waals surface area contributed by atoms with Crippen molar-refractivity contribution in [3.8, 4) is 11.5 Å². The minimum Gasteiger partial charge on any atom is -0.493 e. The molecule has 0 aromatic heterocycles. The van der Waals surface area contributed by atoms with Crippen LogP contribution in [0.4, 0.5) is 0 Å². The first-order valence-corrected chi connectivity index (χ1v) is 10.4. The van der Waals surface area contributed by atoms with Gasteiger partial charge in [0.05, 0.1) is 29.8 Å². The number of hydrogen-bond donors (Lipinski definition) is 0. The van der Waals surface area contributed by atoms with Crippen LogP contribution in [0.3, 0.4) is 0 Å². The Morgan fingerprint density at radius 2 is 1.68 bits per heavy atom. The summed E-state index contributed by atoms with van der Waals surface area (Å²) in [6.45, 7) is 4.20. The van der Waals surface area contributed by atoms with Crippen molar-refractivity contribution in [3.63, 3.8) is 0 Å². The lowest BCUT2D eigenvalue weighted by Gasteiger charge is -2.34. The normalized spacial score (nSPS) is 20.5. The minimum absolute atomic E-state index is 0.0447. The molecule has 0 N–H and O–H groups in total. The number of para-hydroxylation sites is 2. The molecule has 0 unspecified atom stereocenters. The average molecular weight is 405 g/mol. The minimum atomic E-state index is -3.75. The molecule has 0 aliphatic carbocycles. The van der Waals surface area contributed by atoms with E-state index in [0.29, 0.717) is 5.75 Å². The fourth-order valence-corrected chi connectivity index (χ4v) is 4.76. The van der Waals surface area contributed by atoms with Gasteiger partial charge in [-0.2, -0.15) is 4.31 Å². The molecule has 1 fully saturated rings. The van der Waals surface area contributed by atoms with Crippen molar-refractivity contribution < 1.29 is 27.4 Å². The molecule has 8 heteroatoms. The zero-order valence-electron chi connectivity index (χ0n) is 16.0. The Bertz CT molecular complexity index is 949. The maximum Gasteiger partial charge on any atom is 0.343 e. The number of sulfonamides is 1. The third-order valence-electron chi connectivity index (χ3n) is 4.37. The van der Waals surface area contributed by atoms with Gasteiger partial charge in [-0.15, -0.1) is 0 Å². The lowest BCUT2D eigenvalue weighted by molar-refractivity contribution is -0.0440. The maximum atomic E-state index is 13.0. The van der Waals surface area contributed by atoms with E-state index in [-0.39, 0.29) is 41.5 Å². The molecule has 0 spiro atoms. The second-order valence-corrected chi connectivity index (χ2v) is 8.59. The molecule has 0 radical (unpaired) electrons. The van der Waals surface area contributed by atoms with Crippen LogP contribution in [0.25, 0.3) is 0 Å². The Morgan fingerprint density at radius 3 is 2.32 bits per heavy atom. The lowest BCUT2D eigenvalue weighted by Crippen LogP contribution is -2.48. The standard InChI is InChI=1S/C20H23NO6S/c1-14-12-21(13-15(2)26-14)28(23,24)17-8-6-7-16(11-17)20(22)27-19-10-5-4-9-18(19)25-3/h4-11,14-15H,12-13H2,1-3H3/t14-,15-/m1/s1. The SMILES string of the molecule is COc1ccccc1OC(=O)c1cccc(S(=O)(=O)N2C[C@@H](C)O[C@H](C)C2)c1. The predicted molar refractivity (Wildman–Crippen MR) is 103 cm³/mol. The van der Waals surface area contributed by atoms with Crippen LogP contribution in [0.1, 0.15) is 24.2 Å². The summed E-state index contributed by atoms with van der Waals surface area (Å²) in [5.41, 5.74) is 0.140. The second kappa shape index (κ2) is 8.30. The summed E-state index contributed by atoms with van der Waals surface area (Å²) in [5.74, 6) is 0.0141. The topological polar surface area (TPSA) is 82.1 Å². The Kier molecular flexibility index (Phi) is 6.02. The molecule has 7 nitrogen and oxygen atoms in total. The van der Waals surface area contributed by atoms with Crippen molar-refractivity contribution >= 4 is 16.0 Å².